The summed E-state index contributed by atoms with van der Waals surface area (Å²) in [5.41, 5.74) is 2.10. The molecule has 0 unspecified atom stereocenters. The van der Waals surface area contributed by atoms with E-state index in [9.17, 15) is 14.4 Å². The fourth-order valence-corrected chi connectivity index (χ4v) is 4.77. The van der Waals surface area contributed by atoms with Gasteiger partial charge in [0.2, 0.25) is 0 Å². The van der Waals surface area contributed by atoms with Gasteiger partial charge in [0.25, 0.3) is 0 Å². The van der Waals surface area contributed by atoms with Crippen molar-refractivity contribution in [1.82, 2.24) is 24.6 Å². The maximum absolute atomic E-state index is 12.5. The van der Waals surface area contributed by atoms with E-state index in [0.717, 1.165) is 71.0 Å². The van der Waals surface area contributed by atoms with Crippen molar-refractivity contribution in [2.45, 2.75) is 26.3 Å². The summed E-state index contributed by atoms with van der Waals surface area (Å²) < 4.78 is 5.21. The Hall–Kier alpha value is -2.82. The van der Waals surface area contributed by atoms with Gasteiger partial charge in [0.05, 0.1) is 19.5 Å². The Morgan fingerprint density at radius 2 is 1.64 bits per heavy atom. The van der Waals surface area contributed by atoms with E-state index in [4.69, 9.17) is 9.72 Å². The highest BCUT2D eigenvalue weighted by Crippen LogP contribution is 2.26. The van der Waals surface area contributed by atoms with E-state index in [-0.39, 0.29) is 6.67 Å². The Bertz CT molecular complexity index is 1000. The second kappa shape index (κ2) is 10.4. The number of unbranched alkanes of at least 4 members (excludes halogenated alkanes) is 1. The van der Waals surface area contributed by atoms with Crippen molar-refractivity contribution in [1.29, 1.82) is 0 Å². The zero-order chi connectivity index (χ0) is 23.4. The molecule has 4 rings (SSSR count). The van der Waals surface area contributed by atoms with Crippen molar-refractivity contribution >= 4 is 29.2 Å². The van der Waals surface area contributed by atoms with Crippen LogP contribution in [0.2, 0.25) is 0 Å². The molecule has 0 atom stereocenters. The number of ether oxygens (including phenoxy) is 1. The Morgan fingerprint density at radius 1 is 0.970 bits per heavy atom. The van der Waals surface area contributed by atoms with Crippen molar-refractivity contribution in [3.8, 4) is 16.3 Å². The largest absolute Gasteiger partial charge is 0.497 e. The van der Waals surface area contributed by atoms with Crippen LogP contribution in [0.25, 0.3) is 10.6 Å². The van der Waals surface area contributed by atoms with Crippen LogP contribution < -0.4 is 4.74 Å². The first-order chi connectivity index (χ1) is 16.0. The molecule has 176 valence electrons. The standard InChI is InChI=1S/C23H29N5O4S/c1-3-4-9-27-21(29)22(30)28(23(27)31)16-26-12-10-25(11-13-26)14-18-15-33-20(24-18)17-5-7-19(32-2)8-6-17/h5-8,15H,3-4,9-14,16H2,1-2H3. The predicted octanol–water partition coefficient (Wildman–Crippen LogP) is 2.48. The van der Waals surface area contributed by atoms with E-state index in [0.29, 0.717) is 13.0 Å². The fraction of sp³-hybridized carbons (Fsp3) is 0.478. The van der Waals surface area contributed by atoms with Gasteiger partial charge in [-0.15, -0.1) is 11.3 Å². The number of hydrogen-bond donors (Lipinski definition) is 0. The molecule has 1 aromatic heterocycles. The van der Waals surface area contributed by atoms with Gasteiger partial charge in [-0.2, -0.15) is 0 Å². The van der Waals surface area contributed by atoms with E-state index in [1.807, 2.05) is 36.1 Å². The second-order valence-electron chi connectivity index (χ2n) is 8.23. The summed E-state index contributed by atoms with van der Waals surface area (Å²) in [6, 6.07) is 7.39. The van der Waals surface area contributed by atoms with Crippen molar-refractivity contribution in [2.24, 2.45) is 0 Å². The molecule has 2 aliphatic heterocycles. The maximum atomic E-state index is 12.5. The highest BCUT2D eigenvalue weighted by Gasteiger charge is 2.44. The van der Waals surface area contributed by atoms with Gasteiger partial charge in [-0.3, -0.25) is 24.3 Å². The van der Waals surface area contributed by atoms with Crippen LogP contribution in [0.3, 0.4) is 0 Å². The quantitative estimate of drug-likeness (QED) is 0.410. The summed E-state index contributed by atoms with van der Waals surface area (Å²) in [5.74, 6) is -0.598. The second-order valence-corrected chi connectivity index (χ2v) is 9.09. The molecule has 0 spiro atoms. The molecule has 3 heterocycles. The lowest BCUT2D eigenvalue weighted by molar-refractivity contribution is -0.144. The molecule has 33 heavy (non-hydrogen) atoms. The van der Waals surface area contributed by atoms with E-state index in [1.54, 1.807) is 18.4 Å². The van der Waals surface area contributed by atoms with Gasteiger partial charge < -0.3 is 4.74 Å². The smallest absolute Gasteiger partial charge is 0.335 e. The molecular weight excluding hydrogens is 442 g/mol. The first-order valence-corrected chi connectivity index (χ1v) is 12.1. The highest BCUT2D eigenvalue weighted by molar-refractivity contribution is 7.13. The van der Waals surface area contributed by atoms with E-state index in [1.165, 1.54) is 0 Å². The van der Waals surface area contributed by atoms with Crippen LogP contribution in [-0.2, 0) is 16.1 Å². The zero-order valence-corrected chi connectivity index (χ0v) is 19.8. The molecule has 1 aromatic carbocycles. The number of aromatic nitrogens is 1. The average Bonchev–Trinajstić information content (AvgIpc) is 3.38. The minimum atomic E-state index is -0.716. The van der Waals surface area contributed by atoms with Crippen LogP contribution in [0.5, 0.6) is 5.75 Å². The molecule has 4 amide bonds. The van der Waals surface area contributed by atoms with Gasteiger partial charge in [-0.05, 0) is 30.7 Å². The Kier molecular flexibility index (Phi) is 7.36. The summed E-state index contributed by atoms with van der Waals surface area (Å²) in [5, 5.41) is 3.07. The van der Waals surface area contributed by atoms with Gasteiger partial charge >= 0.3 is 17.8 Å². The molecular formula is C23H29N5O4S. The molecule has 2 fully saturated rings. The van der Waals surface area contributed by atoms with Gasteiger partial charge in [0.1, 0.15) is 10.8 Å². The molecule has 10 heteroatoms. The summed E-state index contributed by atoms with van der Waals surface area (Å²) in [7, 11) is 1.65. The molecule has 0 bridgehead atoms. The summed E-state index contributed by atoms with van der Waals surface area (Å²) >= 11 is 1.63. The zero-order valence-electron chi connectivity index (χ0n) is 19.0. The van der Waals surface area contributed by atoms with Crippen LogP contribution in [0.15, 0.2) is 29.6 Å². The molecule has 0 radical (unpaired) electrons. The number of methoxy groups -OCH3 is 1. The maximum Gasteiger partial charge on any atom is 0.335 e. The molecule has 2 saturated heterocycles. The van der Waals surface area contributed by atoms with Crippen molar-refractivity contribution < 1.29 is 19.1 Å². The molecule has 2 aromatic rings. The van der Waals surface area contributed by atoms with Crippen molar-refractivity contribution in [2.75, 3.05) is 46.5 Å². The topological polar surface area (TPSA) is 86.3 Å². The van der Waals surface area contributed by atoms with Gasteiger partial charge in [-0.25, -0.2) is 14.7 Å². The Balaban J connectivity index is 1.27. The lowest BCUT2D eigenvalue weighted by atomic mass is 10.2. The van der Waals surface area contributed by atoms with Crippen LogP contribution in [-0.4, -0.2) is 88.9 Å². The number of nitrogens with zero attached hydrogens (tertiary/aromatic N) is 5. The number of urea groups is 1. The first-order valence-electron chi connectivity index (χ1n) is 11.2. The van der Waals surface area contributed by atoms with E-state index < -0.39 is 17.8 Å². The third-order valence-corrected chi connectivity index (χ3v) is 6.89. The summed E-state index contributed by atoms with van der Waals surface area (Å²) in [6.07, 6.45) is 1.56. The molecule has 0 saturated carbocycles. The number of benzene rings is 1. The number of amides is 4. The lowest BCUT2D eigenvalue weighted by Crippen LogP contribution is -2.51. The number of imide groups is 2. The number of piperazine rings is 1. The fourth-order valence-electron chi connectivity index (χ4n) is 3.95. The van der Waals surface area contributed by atoms with Crippen molar-refractivity contribution in [3.05, 3.63) is 35.3 Å². The normalized spacial score (nSPS) is 17.9. The number of rotatable bonds is 9. The van der Waals surface area contributed by atoms with Crippen LogP contribution in [0.1, 0.15) is 25.5 Å². The van der Waals surface area contributed by atoms with Gasteiger partial charge in [0.15, 0.2) is 0 Å². The predicted molar refractivity (Wildman–Crippen MR) is 125 cm³/mol. The monoisotopic (exact) mass is 471 g/mol. The van der Waals surface area contributed by atoms with Crippen LogP contribution in [0.4, 0.5) is 4.79 Å². The first kappa shape index (κ1) is 23.3. The number of carbonyl (C=O) groups is 3. The van der Waals surface area contributed by atoms with Gasteiger partial charge in [-0.1, -0.05) is 13.3 Å². The number of carbonyl (C=O) groups excluding carboxylic acids is 3. The molecule has 2 aliphatic rings. The van der Waals surface area contributed by atoms with E-state index in [2.05, 4.69) is 10.3 Å². The SMILES string of the molecule is CCCCN1C(=O)C(=O)N(CN2CCN(Cc3csc(-c4ccc(OC)cc4)n3)CC2)C1=O. The third-order valence-electron chi connectivity index (χ3n) is 5.95. The van der Waals surface area contributed by atoms with Crippen LogP contribution >= 0.6 is 11.3 Å². The molecule has 0 N–H and O–H groups in total. The van der Waals surface area contributed by atoms with Gasteiger partial charge in [0, 0.05) is 50.2 Å². The average molecular weight is 472 g/mol. The molecule has 9 nitrogen and oxygen atoms in total. The third kappa shape index (κ3) is 5.23. The summed E-state index contributed by atoms with van der Waals surface area (Å²) in [4.78, 5) is 48.2. The van der Waals surface area contributed by atoms with E-state index >= 15 is 0 Å². The summed E-state index contributed by atoms with van der Waals surface area (Å²) in [6.45, 7) is 6.25. The molecule has 0 aliphatic carbocycles. The Labute approximate surface area is 197 Å². The Morgan fingerprint density at radius 3 is 2.30 bits per heavy atom. The minimum Gasteiger partial charge on any atom is -0.497 e. The minimum absolute atomic E-state index is 0.165. The van der Waals surface area contributed by atoms with Crippen LogP contribution in [0, 0.1) is 0 Å². The van der Waals surface area contributed by atoms with Crippen molar-refractivity contribution in [3.63, 3.8) is 0 Å². The number of thiazole rings is 1. The highest BCUT2D eigenvalue weighted by atomic mass is 32.1. The number of hydrogen-bond acceptors (Lipinski definition) is 8. The lowest BCUT2D eigenvalue weighted by Gasteiger charge is -2.35.